The van der Waals surface area contributed by atoms with Crippen LogP contribution in [0, 0.1) is 0 Å². The summed E-state index contributed by atoms with van der Waals surface area (Å²) < 4.78 is 18.4. The van der Waals surface area contributed by atoms with Crippen LogP contribution in [0.2, 0.25) is 0 Å². The first-order chi connectivity index (χ1) is 12.3. The Labute approximate surface area is 143 Å². The van der Waals surface area contributed by atoms with Gasteiger partial charge in [0.1, 0.15) is 11.9 Å². The lowest BCUT2D eigenvalue weighted by Gasteiger charge is -2.24. The Morgan fingerprint density at radius 1 is 1.20 bits per heavy atom. The zero-order valence-electron chi connectivity index (χ0n) is 13.8. The van der Waals surface area contributed by atoms with E-state index in [-0.39, 0.29) is 6.10 Å². The van der Waals surface area contributed by atoms with Crippen molar-refractivity contribution in [3.63, 3.8) is 0 Å². The molecule has 1 aromatic carbocycles. The van der Waals surface area contributed by atoms with Crippen LogP contribution in [0.4, 0.5) is 0 Å². The molecule has 1 aliphatic heterocycles. The van der Waals surface area contributed by atoms with E-state index >= 15 is 0 Å². The Kier molecular flexibility index (Phi) is 3.30. The van der Waals surface area contributed by atoms with Crippen molar-refractivity contribution < 1.29 is 14.0 Å². The third-order valence-corrected chi connectivity index (χ3v) is 4.67. The number of fused-ring (bicyclic) bond motifs is 1. The molecule has 2 aromatic heterocycles. The Balaban J connectivity index is 1.39. The molecule has 8 nitrogen and oxygen atoms in total. The highest BCUT2D eigenvalue weighted by molar-refractivity contribution is 5.50. The molecule has 1 atom stereocenters. The topological polar surface area (TPSA) is 88.1 Å². The molecule has 5 rings (SSSR count). The first-order valence-electron chi connectivity index (χ1n) is 8.33. The normalized spacial score (nSPS) is 19.6. The van der Waals surface area contributed by atoms with Crippen LogP contribution < -0.4 is 4.74 Å². The molecule has 0 N–H and O–H groups in total. The summed E-state index contributed by atoms with van der Waals surface area (Å²) in [7, 11) is 1.65. The van der Waals surface area contributed by atoms with Gasteiger partial charge in [0.15, 0.2) is 11.5 Å². The largest absolute Gasteiger partial charge is 0.497 e. The number of aromatic nitrogens is 5. The van der Waals surface area contributed by atoms with Gasteiger partial charge >= 0.3 is 0 Å². The maximum absolute atomic E-state index is 6.02. The summed E-state index contributed by atoms with van der Waals surface area (Å²) in [6.45, 7) is 0.998. The predicted octanol–water partition coefficient (Wildman–Crippen LogP) is 2.49. The lowest BCUT2D eigenvalue weighted by Crippen LogP contribution is -2.22. The third kappa shape index (κ3) is 2.58. The van der Waals surface area contributed by atoms with Gasteiger partial charge < -0.3 is 14.0 Å². The summed E-state index contributed by atoms with van der Waals surface area (Å²) in [5.74, 6) is 2.46. The van der Waals surface area contributed by atoms with Crippen LogP contribution in [-0.2, 0) is 17.9 Å². The van der Waals surface area contributed by atoms with Gasteiger partial charge in [-0.1, -0.05) is 22.5 Å². The van der Waals surface area contributed by atoms with Gasteiger partial charge in [-0.05, 0) is 30.5 Å². The molecule has 0 bridgehead atoms. The van der Waals surface area contributed by atoms with Gasteiger partial charge in [0.25, 0.3) is 5.89 Å². The summed E-state index contributed by atoms with van der Waals surface area (Å²) in [6.07, 6.45) is 2.19. The molecule has 8 heteroatoms. The highest BCUT2D eigenvalue weighted by Crippen LogP contribution is 2.39. The van der Waals surface area contributed by atoms with E-state index in [2.05, 4.69) is 20.5 Å². The smallest absolute Gasteiger partial charge is 0.280 e. The molecule has 1 saturated carbocycles. The van der Waals surface area contributed by atoms with E-state index in [0.29, 0.717) is 30.7 Å². The fraction of sp³-hybridized carbons (Fsp3) is 0.412. The number of hydrogen-bond acceptors (Lipinski definition) is 7. The second-order valence-corrected chi connectivity index (χ2v) is 6.37. The zero-order valence-corrected chi connectivity index (χ0v) is 13.8. The van der Waals surface area contributed by atoms with E-state index < -0.39 is 0 Å². The number of benzene rings is 1. The number of ether oxygens (including phenoxy) is 2. The van der Waals surface area contributed by atoms with Crippen molar-refractivity contribution in [1.29, 1.82) is 0 Å². The standard InChI is InChI=1S/C17H17N5O3/c1-23-12-6-4-10(5-7-12)14-8-22-13(9-24-14)15(19-21-22)17-18-16(20-25-17)11-2-3-11/h4-7,11,14H,2-3,8-9H2,1H3/t14-/m0/s1. The van der Waals surface area contributed by atoms with E-state index in [1.165, 1.54) is 0 Å². The molecule has 0 saturated heterocycles. The summed E-state index contributed by atoms with van der Waals surface area (Å²) in [4.78, 5) is 4.46. The minimum atomic E-state index is -0.0716. The lowest BCUT2D eigenvalue weighted by atomic mass is 10.1. The first-order valence-corrected chi connectivity index (χ1v) is 8.33. The SMILES string of the molecule is COc1ccc([C@@H]2Cn3nnc(-c4nc(C5CC5)no4)c3CO2)cc1. The van der Waals surface area contributed by atoms with Gasteiger partial charge in [0.2, 0.25) is 0 Å². The van der Waals surface area contributed by atoms with Crippen LogP contribution in [0.15, 0.2) is 28.8 Å². The summed E-state index contributed by atoms with van der Waals surface area (Å²) in [5, 5.41) is 12.5. The third-order valence-electron chi connectivity index (χ3n) is 4.67. The minimum absolute atomic E-state index is 0.0716. The van der Waals surface area contributed by atoms with E-state index in [9.17, 15) is 0 Å². The van der Waals surface area contributed by atoms with Crippen molar-refractivity contribution in [2.75, 3.05) is 7.11 Å². The Bertz CT molecular complexity index is 897. The van der Waals surface area contributed by atoms with Crippen LogP contribution in [0.25, 0.3) is 11.6 Å². The van der Waals surface area contributed by atoms with E-state index in [0.717, 1.165) is 35.7 Å². The molecule has 0 unspecified atom stereocenters. The molecule has 3 aromatic rings. The molecular weight excluding hydrogens is 322 g/mol. The number of methoxy groups -OCH3 is 1. The summed E-state index contributed by atoms with van der Waals surface area (Å²) >= 11 is 0. The molecule has 2 aliphatic rings. The zero-order chi connectivity index (χ0) is 16.8. The van der Waals surface area contributed by atoms with Crippen LogP contribution in [0.1, 0.15) is 41.9 Å². The van der Waals surface area contributed by atoms with Crippen LogP contribution in [0.3, 0.4) is 0 Å². The quantitative estimate of drug-likeness (QED) is 0.721. The molecule has 1 aliphatic carbocycles. The minimum Gasteiger partial charge on any atom is -0.497 e. The Morgan fingerprint density at radius 2 is 2.04 bits per heavy atom. The maximum atomic E-state index is 6.02. The van der Waals surface area contributed by atoms with Gasteiger partial charge in [0.05, 0.1) is 26.0 Å². The molecule has 25 heavy (non-hydrogen) atoms. The monoisotopic (exact) mass is 339 g/mol. The summed E-state index contributed by atoms with van der Waals surface area (Å²) in [5.41, 5.74) is 2.57. The van der Waals surface area contributed by atoms with Crippen LogP contribution in [-0.4, -0.2) is 32.2 Å². The number of nitrogens with zero attached hydrogens (tertiary/aromatic N) is 5. The molecule has 128 valence electrons. The first kappa shape index (κ1) is 14.6. The van der Waals surface area contributed by atoms with Gasteiger partial charge in [-0.3, -0.25) is 0 Å². The molecule has 0 amide bonds. The van der Waals surface area contributed by atoms with Crippen LogP contribution >= 0.6 is 0 Å². The van der Waals surface area contributed by atoms with Gasteiger partial charge in [-0.15, -0.1) is 5.10 Å². The lowest BCUT2D eigenvalue weighted by molar-refractivity contribution is -0.00119. The van der Waals surface area contributed by atoms with Gasteiger partial charge in [0, 0.05) is 5.92 Å². The Morgan fingerprint density at radius 3 is 2.80 bits per heavy atom. The van der Waals surface area contributed by atoms with E-state index in [1.807, 2.05) is 28.9 Å². The number of hydrogen-bond donors (Lipinski definition) is 0. The maximum Gasteiger partial charge on any atom is 0.280 e. The number of rotatable bonds is 4. The highest BCUT2D eigenvalue weighted by atomic mass is 16.5. The van der Waals surface area contributed by atoms with Crippen molar-refractivity contribution in [2.24, 2.45) is 0 Å². The van der Waals surface area contributed by atoms with Crippen molar-refractivity contribution >= 4 is 0 Å². The van der Waals surface area contributed by atoms with Crippen molar-refractivity contribution in [1.82, 2.24) is 25.1 Å². The molecular formula is C17H17N5O3. The fourth-order valence-electron chi connectivity index (χ4n) is 3.04. The molecule has 3 heterocycles. The fourth-order valence-corrected chi connectivity index (χ4v) is 3.04. The van der Waals surface area contributed by atoms with Crippen LogP contribution in [0.5, 0.6) is 5.75 Å². The molecule has 0 radical (unpaired) electrons. The summed E-state index contributed by atoms with van der Waals surface area (Å²) in [6, 6.07) is 7.87. The average molecular weight is 339 g/mol. The second-order valence-electron chi connectivity index (χ2n) is 6.37. The van der Waals surface area contributed by atoms with Crippen molar-refractivity contribution in [2.45, 2.75) is 38.0 Å². The average Bonchev–Trinajstić information content (AvgIpc) is 3.25. The van der Waals surface area contributed by atoms with Crippen molar-refractivity contribution in [3.8, 4) is 17.3 Å². The van der Waals surface area contributed by atoms with Gasteiger partial charge in [-0.25, -0.2) is 4.68 Å². The van der Waals surface area contributed by atoms with Crippen molar-refractivity contribution in [3.05, 3.63) is 41.3 Å². The Hall–Kier alpha value is -2.74. The second kappa shape index (κ2) is 5.66. The van der Waals surface area contributed by atoms with E-state index in [1.54, 1.807) is 7.11 Å². The predicted molar refractivity (Wildman–Crippen MR) is 85.8 cm³/mol. The highest BCUT2D eigenvalue weighted by Gasteiger charge is 2.31. The van der Waals surface area contributed by atoms with E-state index in [4.69, 9.17) is 14.0 Å². The molecule has 1 fully saturated rings. The van der Waals surface area contributed by atoms with Gasteiger partial charge in [-0.2, -0.15) is 4.98 Å². The molecule has 0 spiro atoms.